The van der Waals surface area contributed by atoms with Gasteiger partial charge in [-0.05, 0) is 49.4 Å². The fraction of sp³-hybridized carbons (Fsp3) is 0.263. The zero-order valence-corrected chi connectivity index (χ0v) is 14.3. The zero-order valence-electron chi connectivity index (χ0n) is 14.3. The molecule has 1 N–H and O–H groups in total. The van der Waals surface area contributed by atoms with Crippen LogP contribution in [0.4, 0.5) is 14.9 Å². The predicted octanol–water partition coefficient (Wildman–Crippen LogP) is 3.38. The van der Waals surface area contributed by atoms with E-state index in [9.17, 15) is 14.0 Å². The molecule has 2 heterocycles. The van der Waals surface area contributed by atoms with Crippen molar-refractivity contribution in [3.8, 4) is 5.75 Å². The first kappa shape index (κ1) is 16.4. The maximum absolute atomic E-state index is 13.2. The number of hydrogen-bond acceptors (Lipinski definition) is 4. The molecule has 2 bridgehead atoms. The molecule has 0 spiro atoms. The number of ether oxygens (including phenoxy) is 2. The van der Waals surface area contributed by atoms with Gasteiger partial charge in [-0.15, -0.1) is 0 Å². The first-order valence-electron chi connectivity index (χ1n) is 8.19. The van der Waals surface area contributed by atoms with Gasteiger partial charge in [0, 0.05) is 17.7 Å². The molecule has 0 saturated carbocycles. The first-order chi connectivity index (χ1) is 12.4. The standard InChI is InChI=1S/C19H17FN2O4/c1-19-10-15(14-9-11(17(23)25-2)3-8-16(14)26-19)21-18(24)22(19)13-6-4-12(20)5-7-13/h3-9,15H,10H2,1-2H3,(H,21,24). The van der Waals surface area contributed by atoms with E-state index in [2.05, 4.69) is 5.32 Å². The lowest BCUT2D eigenvalue weighted by molar-refractivity contribution is 0.0377. The van der Waals surface area contributed by atoms with Gasteiger partial charge in [-0.1, -0.05) is 0 Å². The second kappa shape index (κ2) is 5.72. The highest BCUT2D eigenvalue weighted by Crippen LogP contribution is 2.45. The molecule has 2 aliphatic heterocycles. The zero-order chi connectivity index (χ0) is 18.5. The molecular formula is C19H17FN2O4. The van der Waals surface area contributed by atoms with Crippen LogP contribution < -0.4 is 15.0 Å². The summed E-state index contributed by atoms with van der Waals surface area (Å²) < 4.78 is 24.1. The summed E-state index contributed by atoms with van der Waals surface area (Å²) >= 11 is 0. The number of fused-ring (bicyclic) bond motifs is 4. The average Bonchev–Trinajstić information content (AvgIpc) is 2.61. The Hall–Kier alpha value is -3.09. The molecule has 2 aliphatic rings. The number of esters is 1. The second-order valence-corrected chi connectivity index (χ2v) is 6.54. The van der Waals surface area contributed by atoms with Crippen LogP contribution in [0.3, 0.4) is 0 Å². The minimum Gasteiger partial charge on any atom is -0.467 e. The van der Waals surface area contributed by atoms with Gasteiger partial charge in [0.1, 0.15) is 11.6 Å². The van der Waals surface area contributed by atoms with Crippen molar-refractivity contribution in [1.82, 2.24) is 5.32 Å². The van der Waals surface area contributed by atoms with Crippen LogP contribution in [0.15, 0.2) is 42.5 Å². The maximum Gasteiger partial charge on any atom is 0.337 e. The smallest absolute Gasteiger partial charge is 0.337 e. The highest BCUT2D eigenvalue weighted by Gasteiger charge is 2.49. The van der Waals surface area contributed by atoms with E-state index < -0.39 is 11.7 Å². The second-order valence-electron chi connectivity index (χ2n) is 6.54. The van der Waals surface area contributed by atoms with E-state index in [4.69, 9.17) is 9.47 Å². The summed E-state index contributed by atoms with van der Waals surface area (Å²) in [4.78, 5) is 26.0. The molecule has 2 amide bonds. The Morgan fingerprint density at radius 2 is 2.04 bits per heavy atom. The maximum atomic E-state index is 13.2. The Bertz CT molecular complexity index is 899. The van der Waals surface area contributed by atoms with Crippen molar-refractivity contribution in [2.75, 3.05) is 12.0 Å². The number of rotatable bonds is 2. The van der Waals surface area contributed by atoms with Crippen molar-refractivity contribution in [1.29, 1.82) is 0 Å². The molecule has 134 valence electrons. The van der Waals surface area contributed by atoms with Crippen LogP contribution in [-0.2, 0) is 4.74 Å². The number of nitrogens with one attached hydrogen (secondary N) is 1. The van der Waals surface area contributed by atoms with Gasteiger partial charge in [0.25, 0.3) is 0 Å². The number of urea groups is 1. The number of carbonyl (C=O) groups excluding carboxylic acids is 2. The SMILES string of the molecule is COC(=O)c1ccc2c(c1)C1CC(C)(O2)N(c2ccc(F)cc2)C(=O)N1. The van der Waals surface area contributed by atoms with Crippen LogP contribution in [0.2, 0.25) is 0 Å². The molecule has 26 heavy (non-hydrogen) atoms. The van der Waals surface area contributed by atoms with Crippen LogP contribution in [0, 0.1) is 5.82 Å². The number of nitrogens with zero attached hydrogens (tertiary/aromatic N) is 1. The fourth-order valence-corrected chi connectivity index (χ4v) is 3.60. The van der Waals surface area contributed by atoms with Crippen LogP contribution >= 0.6 is 0 Å². The van der Waals surface area contributed by atoms with Gasteiger partial charge in [0.2, 0.25) is 0 Å². The van der Waals surface area contributed by atoms with E-state index in [1.807, 2.05) is 6.92 Å². The Morgan fingerprint density at radius 3 is 2.73 bits per heavy atom. The molecule has 4 rings (SSSR count). The number of benzene rings is 2. The molecule has 7 heteroatoms. The minimum atomic E-state index is -0.926. The Morgan fingerprint density at radius 1 is 1.31 bits per heavy atom. The molecule has 0 aliphatic carbocycles. The lowest BCUT2D eigenvalue weighted by Gasteiger charge is -2.50. The van der Waals surface area contributed by atoms with Gasteiger partial charge in [0.15, 0.2) is 5.72 Å². The molecule has 2 atom stereocenters. The van der Waals surface area contributed by atoms with Crippen molar-refractivity contribution in [2.45, 2.75) is 25.1 Å². The van der Waals surface area contributed by atoms with E-state index in [0.717, 1.165) is 5.56 Å². The number of halogens is 1. The monoisotopic (exact) mass is 356 g/mol. The van der Waals surface area contributed by atoms with Gasteiger partial charge >= 0.3 is 12.0 Å². The normalized spacial score (nSPS) is 23.6. The molecule has 6 nitrogen and oxygen atoms in total. The average molecular weight is 356 g/mol. The highest BCUT2D eigenvalue weighted by atomic mass is 19.1. The molecule has 1 fully saturated rings. The highest BCUT2D eigenvalue weighted by molar-refractivity contribution is 5.95. The van der Waals surface area contributed by atoms with Crippen molar-refractivity contribution >= 4 is 17.7 Å². The van der Waals surface area contributed by atoms with Crippen molar-refractivity contribution < 1.29 is 23.5 Å². The third-order valence-corrected chi connectivity index (χ3v) is 4.78. The number of anilines is 1. The lowest BCUT2D eigenvalue weighted by atomic mass is 9.89. The molecule has 0 aromatic heterocycles. The fourth-order valence-electron chi connectivity index (χ4n) is 3.60. The minimum absolute atomic E-state index is 0.294. The Balaban J connectivity index is 1.75. The van der Waals surface area contributed by atoms with Gasteiger partial charge in [-0.2, -0.15) is 0 Å². The van der Waals surface area contributed by atoms with Gasteiger partial charge in [-0.3, -0.25) is 4.90 Å². The van der Waals surface area contributed by atoms with Gasteiger partial charge < -0.3 is 14.8 Å². The first-order valence-corrected chi connectivity index (χ1v) is 8.19. The van der Waals surface area contributed by atoms with E-state index in [0.29, 0.717) is 23.4 Å². The molecule has 2 aromatic rings. The number of amides is 2. The van der Waals surface area contributed by atoms with Crippen LogP contribution in [0.5, 0.6) is 5.75 Å². The lowest BCUT2D eigenvalue weighted by Crippen LogP contribution is -2.65. The molecule has 2 aromatic carbocycles. The summed E-state index contributed by atoms with van der Waals surface area (Å²) in [6.07, 6.45) is 0.480. The van der Waals surface area contributed by atoms with E-state index in [1.165, 1.54) is 24.1 Å². The molecule has 1 saturated heterocycles. The van der Waals surface area contributed by atoms with Crippen LogP contribution in [0.25, 0.3) is 0 Å². The van der Waals surface area contributed by atoms with Crippen molar-refractivity contribution in [2.24, 2.45) is 0 Å². The largest absolute Gasteiger partial charge is 0.467 e. The summed E-state index contributed by atoms with van der Waals surface area (Å²) in [6.45, 7) is 1.82. The van der Waals surface area contributed by atoms with Crippen molar-refractivity contribution in [3.05, 3.63) is 59.4 Å². The van der Waals surface area contributed by atoms with E-state index in [-0.39, 0.29) is 17.9 Å². The summed E-state index contributed by atoms with van der Waals surface area (Å²) in [7, 11) is 1.32. The van der Waals surface area contributed by atoms with E-state index in [1.54, 1.807) is 30.3 Å². The van der Waals surface area contributed by atoms with Crippen LogP contribution in [-0.4, -0.2) is 24.8 Å². The third kappa shape index (κ3) is 2.47. The number of carbonyl (C=O) groups is 2. The van der Waals surface area contributed by atoms with Crippen molar-refractivity contribution in [3.63, 3.8) is 0 Å². The summed E-state index contributed by atoms with van der Waals surface area (Å²) in [5.41, 5.74) is 0.746. The molecular weight excluding hydrogens is 339 g/mol. The predicted molar refractivity (Wildman–Crippen MR) is 91.6 cm³/mol. The van der Waals surface area contributed by atoms with Gasteiger partial charge in [0.05, 0.1) is 18.7 Å². The topological polar surface area (TPSA) is 67.9 Å². The van der Waals surface area contributed by atoms with Crippen LogP contribution in [0.1, 0.15) is 35.3 Å². The summed E-state index contributed by atoms with van der Waals surface area (Å²) in [5.74, 6) is -0.237. The molecule has 2 unspecified atom stereocenters. The summed E-state index contributed by atoms with van der Waals surface area (Å²) in [6, 6.07) is 10.1. The Kier molecular flexibility index (Phi) is 3.61. The summed E-state index contributed by atoms with van der Waals surface area (Å²) in [5, 5.41) is 2.94. The Labute approximate surface area is 149 Å². The number of hydrogen-bond donors (Lipinski definition) is 1. The quantitative estimate of drug-likeness (QED) is 0.838. The molecule has 0 radical (unpaired) electrons. The van der Waals surface area contributed by atoms with Gasteiger partial charge in [-0.25, -0.2) is 14.0 Å². The van der Waals surface area contributed by atoms with E-state index >= 15 is 0 Å². The number of methoxy groups -OCH3 is 1. The third-order valence-electron chi connectivity index (χ3n) is 4.78.